The van der Waals surface area contributed by atoms with Crippen molar-refractivity contribution in [2.45, 2.75) is 12.3 Å². The summed E-state index contributed by atoms with van der Waals surface area (Å²) in [7, 11) is 0. The smallest absolute Gasteiger partial charge is 0.151 e. The summed E-state index contributed by atoms with van der Waals surface area (Å²) in [6, 6.07) is 9.99. The van der Waals surface area contributed by atoms with E-state index in [0.29, 0.717) is 0 Å². The molecule has 0 radical (unpaired) electrons. The summed E-state index contributed by atoms with van der Waals surface area (Å²) in [6.45, 7) is 1.96. The molecule has 19 heavy (non-hydrogen) atoms. The van der Waals surface area contributed by atoms with Gasteiger partial charge in [-0.15, -0.1) is 22.9 Å². The Balaban J connectivity index is 2.04. The first-order valence-corrected chi connectivity index (χ1v) is 7.25. The molecule has 0 aliphatic carbocycles. The van der Waals surface area contributed by atoms with Crippen LogP contribution in [0.3, 0.4) is 0 Å². The third-order valence-electron chi connectivity index (χ3n) is 2.89. The number of halogens is 1. The molecule has 0 saturated carbocycles. The van der Waals surface area contributed by atoms with Gasteiger partial charge in [-0.05, 0) is 30.0 Å². The summed E-state index contributed by atoms with van der Waals surface area (Å²) in [4.78, 5) is 8.55. The molecule has 2 aromatic heterocycles. The Hall–Kier alpha value is -1.65. The molecule has 0 fully saturated rings. The number of aromatic nitrogens is 2. The van der Waals surface area contributed by atoms with Crippen LogP contribution in [0.1, 0.15) is 17.9 Å². The number of benzene rings is 1. The fraction of sp³-hybridized carbons (Fsp3) is 0.143. The van der Waals surface area contributed by atoms with Crippen LogP contribution in [0.15, 0.2) is 42.0 Å². The van der Waals surface area contributed by atoms with Crippen molar-refractivity contribution in [1.82, 2.24) is 9.97 Å². The number of rotatable bonds is 3. The summed E-state index contributed by atoms with van der Waals surface area (Å²) >= 11 is 7.83. The van der Waals surface area contributed by atoms with Crippen LogP contribution in [0.25, 0.3) is 10.2 Å². The van der Waals surface area contributed by atoms with E-state index in [0.717, 1.165) is 27.3 Å². The average molecular weight is 290 g/mol. The number of alkyl halides is 1. The Morgan fingerprint density at radius 3 is 2.89 bits per heavy atom. The molecular weight excluding hydrogens is 278 g/mol. The molecule has 3 aromatic rings. The molecule has 1 atom stereocenters. The Labute approximate surface area is 120 Å². The van der Waals surface area contributed by atoms with E-state index in [2.05, 4.69) is 15.3 Å². The number of nitrogens with one attached hydrogen (secondary N) is 1. The number of hydrogen-bond donors (Lipinski definition) is 1. The predicted octanol–water partition coefficient (Wildman–Crippen LogP) is 4.73. The second kappa shape index (κ2) is 5.15. The molecule has 0 saturated heterocycles. The summed E-state index contributed by atoms with van der Waals surface area (Å²) in [6.07, 6.45) is 1.57. The lowest BCUT2D eigenvalue weighted by molar-refractivity contribution is 1.08. The van der Waals surface area contributed by atoms with Gasteiger partial charge in [0.25, 0.3) is 0 Å². The Morgan fingerprint density at radius 2 is 2.05 bits per heavy atom. The number of hydrogen-bond acceptors (Lipinski definition) is 4. The molecule has 1 N–H and O–H groups in total. The van der Waals surface area contributed by atoms with Crippen molar-refractivity contribution in [3.8, 4) is 0 Å². The van der Waals surface area contributed by atoms with Crippen molar-refractivity contribution < 1.29 is 0 Å². The lowest BCUT2D eigenvalue weighted by Crippen LogP contribution is -1.98. The topological polar surface area (TPSA) is 37.8 Å². The van der Waals surface area contributed by atoms with Gasteiger partial charge in [0.1, 0.15) is 6.33 Å². The number of nitrogens with zero attached hydrogens (tertiary/aromatic N) is 2. The molecule has 5 heteroatoms. The largest absolute Gasteiger partial charge is 0.339 e. The fourth-order valence-electron chi connectivity index (χ4n) is 1.96. The van der Waals surface area contributed by atoms with E-state index in [1.165, 1.54) is 0 Å². The molecule has 0 amide bonds. The van der Waals surface area contributed by atoms with E-state index in [9.17, 15) is 0 Å². The van der Waals surface area contributed by atoms with Crippen LogP contribution in [0, 0.1) is 0 Å². The van der Waals surface area contributed by atoms with E-state index in [4.69, 9.17) is 11.6 Å². The highest BCUT2D eigenvalue weighted by atomic mass is 35.5. The quantitative estimate of drug-likeness (QED) is 0.708. The molecule has 2 heterocycles. The molecule has 3 rings (SSSR count). The predicted molar refractivity (Wildman–Crippen MR) is 81.4 cm³/mol. The highest BCUT2D eigenvalue weighted by Crippen LogP contribution is 2.32. The van der Waals surface area contributed by atoms with E-state index in [1.54, 1.807) is 17.7 Å². The van der Waals surface area contributed by atoms with Crippen LogP contribution >= 0.6 is 22.9 Å². The second-order valence-corrected chi connectivity index (χ2v) is 5.76. The van der Waals surface area contributed by atoms with E-state index >= 15 is 0 Å². The standard InChI is InChI=1S/C14H12ClN3S/c1-9(15)10-4-2-3-5-11(10)18-14-13-12(6-7-19-13)16-8-17-14/h2-9H,1H3,(H,16,17,18). The van der Waals surface area contributed by atoms with Crippen molar-refractivity contribution in [2.24, 2.45) is 0 Å². The van der Waals surface area contributed by atoms with Gasteiger partial charge >= 0.3 is 0 Å². The van der Waals surface area contributed by atoms with Gasteiger partial charge in [-0.25, -0.2) is 9.97 Å². The van der Waals surface area contributed by atoms with Crippen LogP contribution in [-0.2, 0) is 0 Å². The zero-order valence-corrected chi connectivity index (χ0v) is 11.9. The first kappa shape index (κ1) is 12.4. The second-order valence-electron chi connectivity index (χ2n) is 4.19. The van der Waals surface area contributed by atoms with Gasteiger partial charge in [-0.3, -0.25) is 0 Å². The van der Waals surface area contributed by atoms with Gasteiger partial charge in [-0.2, -0.15) is 0 Å². The van der Waals surface area contributed by atoms with Crippen LogP contribution in [-0.4, -0.2) is 9.97 Å². The molecule has 3 nitrogen and oxygen atoms in total. The van der Waals surface area contributed by atoms with Gasteiger partial charge in [0, 0.05) is 5.69 Å². The SMILES string of the molecule is CC(Cl)c1ccccc1Nc1ncnc2ccsc12. The first-order chi connectivity index (χ1) is 9.25. The van der Waals surface area contributed by atoms with Gasteiger partial charge in [0.05, 0.1) is 15.6 Å². The summed E-state index contributed by atoms with van der Waals surface area (Å²) < 4.78 is 1.06. The molecule has 0 aliphatic heterocycles. The van der Waals surface area contributed by atoms with Crippen molar-refractivity contribution in [3.63, 3.8) is 0 Å². The van der Waals surface area contributed by atoms with Crippen LogP contribution in [0.2, 0.25) is 0 Å². The number of anilines is 2. The monoisotopic (exact) mass is 289 g/mol. The minimum absolute atomic E-state index is 0.0515. The van der Waals surface area contributed by atoms with E-state index in [1.807, 2.05) is 42.6 Å². The minimum Gasteiger partial charge on any atom is -0.339 e. The van der Waals surface area contributed by atoms with Crippen LogP contribution < -0.4 is 5.32 Å². The first-order valence-electron chi connectivity index (χ1n) is 5.94. The molecule has 0 bridgehead atoms. The van der Waals surface area contributed by atoms with Gasteiger partial charge in [-0.1, -0.05) is 18.2 Å². The number of para-hydroxylation sites is 1. The van der Waals surface area contributed by atoms with Crippen molar-refractivity contribution in [3.05, 3.63) is 47.6 Å². The number of thiophene rings is 1. The van der Waals surface area contributed by atoms with Crippen molar-refractivity contribution in [2.75, 3.05) is 5.32 Å². The minimum atomic E-state index is -0.0515. The zero-order valence-electron chi connectivity index (χ0n) is 10.3. The Morgan fingerprint density at radius 1 is 1.21 bits per heavy atom. The van der Waals surface area contributed by atoms with Crippen molar-refractivity contribution >= 4 is 44.7 Å². The van der Waals surface area contributed by atoms with E-state index in [-0.39, 0.29) is 5.38 Å². The van der Waals surface area contributed by atoms with Crippen LogP contribution in [0.5, 0.6) is 0 Å². The Bertz CT molecular complexity index is 708. The normalized spacial score (nSPS) is 12.5. The molecule has 0 aliphatic rings. The van der Waals surface area contributed by atoms with E-state index < -0.39 is 0 Å². The van der Waals surface area contributed by atoms with Crippen molar-refractivity contribution in [1.29, 1.82) is 0 Å². The molecule has 1 aromatic carbocycles. The van der Waals surface area contributed by atoms with Gasteiger partial charge < -0.3 is 5.32 Å². The summed E-state index contributed by atoms with van der Waals surface area (Å²) in [5, 5.41) is 5.32. The molecular formula is C14H12ClN3S. The van der Waals surface area contributed by atoms with Gasteiger partial charge in [0.15, 0.2) is 5.82 Å². The maximum atomic E-state index is 6.20. The number of fused-ring (bicyclic) bond motifs is 1. The maximum Gasteiger partial charge on any atom is 0.151 e. The highest BCUT2D eigenvalue weighted by Gasteiger charge is 2.10. The average Bonchev–Trinajstić information content (AvgIpc) is 2.88. The lowest BCUT2D eigenvalue weighted by atomic mass is 10.1. The molecule has 1 unspecified atom stereocenters. The summed E-state index contributed by atoms with van der Waals surface area (Å²) in [5.41, 5.74) is 3.00. The lowest BCUT2D eigenvalue weighted by Gasteiger charge is -2.13. The fourth-order valence-corrected chi connectivity index (χ4v) is 2.94. The zero-order chi connectivity index (χ0) is 13.2. The van der Waals surface area contributed by atoms with Gasteiger partial charge in [0.2, 0.25) is 0 Å². The van der Waals surface area contributed by atoms with Crippen LogP contribution in [0.4, 0.5) is 11.5 Å². The highest BCUT2D eigenvalue weighted by molar-refractivity contribution is 7.17. The third-order valence-corrected chi connectivity index (χ3v) is 4.03. The Kier molecular flexibility index (Phi) is 3.36. The maximum absolute atomic E-state index is 6.20. The molecule has 0 spiro atoms. The summed E-state index contributed by atoms with van der Waals surface area (Å²) in [5.74, 6) is 0.824. The molecule has 96 valence electrons. The third kappa shape index (κ3) is 2.41.